The Labute approximate surface area is 97.3 Å². The highest BCUT2D eigenvalue weighted by Gasteiger charge is 2.40. The molecule has 2 heterocycles. The molecule has 2 rings (SSSR count). The largest absolute Gasteiger partial charge is 0.345 e. The van der Waals surface area contributed by atoms with Crippen LogP contribution in [0.1, 0.15) is 6.42 Å². The Kier molecular flexibility index (Phi) is 3.28. The van der Waals surface area contributed by atoms with Crippen molar-refractivity contribution in [2.75, 3.05) is 26.7 Å². The highest BCUT2D eigenvalue weighted by atomic mass is 19.3. The van der Waals surface area contributed by atoms with Gasteiger partial charge in [-0.2, -0.15) is 8.78 Å². The van der Waals surface area contributed by atoms with E-state index < -0.39 is 12.7 Å². The van der Waals surface area contributed by atoms with Gasteiger partial charge >= 0.3 is 6.61 Å². The first-order valence-corrected chi connectivity index (χ1v) is 5.43. The summed E-state index contributed by atoms with van der Waals surface area (Å²) in [5, 5.41) is 0. The molecule has 2 saturated heterocycles. The molecule has 7 heteroatoms. The van der Waals surface area contributed by atoms with E-state index in [0.717, 1.165) is 0 Å². The molecule has 0 aromatic carbocycles. The van der Waals surface area contributed by atoms with Crippen molar-refractivity contribution in [1.82, 2.24) is 9.80 Å². The molecular weight excluding hydrogens is 234 g/mol. The van der Waals surface area contributed by atoms with Crippen molar-refractivity contribution in [1.29, 1.82) is 0 Å². The summed E-state index contributed by atoms with van der Waals surface area (Å²) in [6.45, 7) is -2.00. The van der Waals surface area contributed by atoms with Gasteiger partial charge in [0.1, 0.15) is 0 Å². The summed E-state index contributed by atoms with van der Waals surface area (Å²) in [7, 11) is 1.65. The van der Waals surface area contributed by atoms with Gasteiger partial charge in [-0.15, -0.1) is 0 Å². The number of alkyl halides is 2. The molecule has 0 aromatic rings. The summed E-state index contributed by atoms with van der Waals surface area (Å²) >= 11 is 0. The second-order valence-corrected chi connectivity index (χ2v) is 4.44. The number of rotatable bonds is 3. The second-order valence-electron chi connectivity index (χ2n) is 4.44. The smallest absolute Gasteiger partial charge is 0.345 e. The van der Waals surface area contributed by atoms with E-state index in [1.165, 1.54) is 9.80 Å². The predicted molar refractivity (Wildman–Crippen MR) is 53.2 cm³/mol. The highest BCUT2D eigenvalue weighted by Crippen LogP contribution is 2.23. The maximum Gasteiger partial charge on any atom is 0.345 e. The van der Waals surface area contributed by atoms with E-state index >= 15 is 0 Å². The molecule has 17 heavy (non-hydrogen) atoms. The van der Waals surface area contributed by atoms with Gasteiger partial charge in [0.05, 0.1) is 12.0 Å². The molecule has 5 nitrogen and oxygen atoms in total. The van der Waals surface area contributed by atoms with Crippen LogP contribution in [-0.2, 0) is 14.3 Å². The highest BCUT2D eigenvalue weighted by molar-refractivity contribution is 5.89. The molecule has 0 aromatic heterocycles. The maximum absolute atomic E-state index is 11.9. The lowest BCUT2D eigenvalue weighted by Gasteiger charge is -2.39. The third-order valence-electron chi connectivity index (χ3n) is 3.15. The number of ether oxygens (including phenoxy) is 1. The number of halogens is 2. The van der Waals surface area contributed by atoms with Crippen LogP contribution in [0.25, 0.3) is 0 Å². The molecule has 2 fully saturated rings. The molecular formula is C10H14F2N2O3. The fraction of sp³-hybridized carbons (Fsp3) is 0.800. The van der Waals surface area contributed by atoms with Gasteiger partial charge in [0, 0.05) is 33.1 Å². The SMILES string of the molecule is CN1CC(C(=O)N2CC(OC(F)F)C2)CC1=O. The summed E-state index contributed by atoms with van der Waals surface area (Å²) < 4.78 is 28.0. The minimum absolute atomic E-state index is 0.0516. The first-order chi connectivity index (χ1) is 7.97. The van der Waals surface area contributed by atoms with Gasteiger partial charge in [-0.1, -0.05) is 0 Å². The minimum atomic E-state index is -2.79. The number of hydrogen-bond acceptors (Lipinski definition) is 3. The lowest BCUT2D eigenvalue weighted by molar-refractivity contribution is -0.200. The molecule has 2 amide bonds. The van der Waals surface area contributed by atoms with E-state index in [9.17, 15) is 18.4 Å². The Hall–Kier alpha value is -1.24. The van der Waals surface area contributed by atoms with Crippen LogP contribution >= 0.6 is 0 Å². The third kappa shape index (κ3) is 2.54. The molecule has 0 saturated carbocycles. The number of amides is 2. The van der Waals surface area contributed by atoms with Gasteiger partial charge in [0.15, 0.2) is 0 Å². The fourth-order valence-electron chi connectivity index (χ4n) is 2.14. The zero-order valence-corrected chi connectivity index (χ0v) is 9.44. The lowest BCUT2D eigenvalue weighted by Crippen LogP contribution is -2.57. The lowest BCUT2D eigenvalue weighted by atomic mass is 10.0. The summed E-state index contributed by atoms with van der Waals surface area (Å²) in [5.74, 6) is -0.527. The van der Waals surface area contributed by atoms with Gasteiger partial charge in [-0.3, -0.25) is 9.59 Å². The van der Waals surface area contributed by atoms with Gasteiger partial charge in [0.2, 0.25) is 11.8 Å². The van der Waals surface area contributed by atoms with Crippen molar-refractivity contribution in [3.63, 3.8) is 0 Å². The van der Waals surface area contributed by atoms with E-state index in [-0.39, 0.29) is 37.2 Å². The standard InChI is InChI=1S/C10H14F2N2O3/c1-13-3-6(2-8(13)15)9(16)14-4-7(5-14)17-10(11)12/h6-7,10H,2-5H2,1H3. The van der Waals surface area contributed by atoms with E-state index in [4.69, 9.17) is 0 Å². The van der Waals surface area contributed by atoms with Crippen LogP contribution in [0.5, 0.6) is 0 Å². The average Bonchev–Trinajstić information content (AvgIpc) is 2.51. The van der Waals surface area contributed by atoms with Gasteiger partial charge in [-0.25, -0.2) is 0 Å². The molecule has 0 radical (unpaired) electrons. The van der Waals surface area contributed by atoms with Crippen molar-refractivity contribution >= 4 is 11.8 Å². The number of nitrogens with zero attached hydrogens (tertiary/aromatic N) is 2. The monoisotopic (exact) mass is 248 g/mol. The fourth-order valence-corrected chi connectivity index (χ4v) is 2.14. The summed E-state index contributed by atoms with van der Waals surface area (Å²) in [6, 6.07) is 0. The van der Waals surface area contributed by atoms with Crippen LogP contribution in [0.4, 0.5) is 8.78 Å². The molecule has 1 unspecified atom stereocenters. The topological polar surface area (TPSA) is 49.9 Å². The molecule has 2 aliphatic heterocycles. The summed E-state index contributed by atoms with van der Waals surface area (Å²) in [6.07, 6.45) is -0.361. The third-order valence-corrected chi connectivity index (χ3v) is 3.15. The Bertz CT molecular complexity index is 332. The molecule has 2 aliphatic rings. The quantitative estimate of drug-likeness (QED) is 0.701. The Morgan fingerprint density at radius 1 is 1.41 bits per heavy atom. The van der Waals surface area contributed by atoms with Crippen molar-refractivity contribution in [2.45, 2.75) is 19.1 Å². The van der Waals surface area contributed by atoms with Gasteiger partial charge in [0.25, 0.3) is 0 Å². The van der Waals surface area contributed by atoms with Crippen LogP contribution < -0.4 is 0 Å². The normalized spacial score (nSPS) is 25.6. The van der Waals surface area contributed by atoms with E-state index in [1.807, 2.05) is 0 Å². The maximum atomic E-state index is 11.9. The van der Waals surface area contributed by atoms with Gasteiger partial charge < -0.3 is 14.5 Å². The zero-order chi connectivity index (χ0) is 12.6. The number of carbonyl (C=O) groups is 2. The van der Waals surface area contributed by atoms with E-state index in [2.05, 4.69) is 4.74 Å². The number of likely N-dealkylation sites (tertiary alicyclic amines) is 2. The second kappa shape index (κ2) is 4.56. The van der Waals surface area contributed by atoms with Crippen LogP contribution in [0, 0.1) is 5.92 Å². The first-order valence-electron chi connectivity index (χ1n) is 5.43. The van der Waals surface area contributed by atoms with E-state index in [0.29, 0.717) is 6.54 Å². The summed E-state index contributed by atoms with van der Waals surface area (Å²) in [4.78, 5) is 26.1. The Balaban J connectivity index is 1.78. The Morgan fingerprint density at radius 2 is 2.06 bits per heavy atom. The average molecular weight is 248 g/mol. The first kappa shape index (κ1) is 12.2. The van der Waals surface area contributed by atoms with Crippen LogP contribution in [-0.4, -0.2) is 61.0 Å². The molecule has 1 atom stereocenters. The molecule has 0 N–H and O–H groups in total. The van der Waals surface area contributed by atoms with Crippen LogP contribution in [0.3, 0.4) is 0 Å². The molecule has 96 valence electrons. The zero-order valence-electron chi connectivity index (χ0n) is 9.44. The minimum Gasteiger partial charge on any atom is -0.345 e. The van der Waals surface area contributed by atoms with Crippen molar-refractivity contribution in [3.05, 3.63) is 0 Å². The van der Waals surface area contributed by atoms with E-state index in [1.54, 1.807) is 7.05 Å². The van der Waals surface area contributed by atoms with Crippen molar-refractivity contribution in [2.24, 2.45) is 5.92 Å². The molecule has 0 aliphatic carbocycles. The van der Waals surface area contributed by atoms with Crippen molar-refractivity contribution < 1.29 is 23.1 Å². The summed E-state index contributed by atoms with van der Waals surface area (Å²) in [5.41, 5.74) is 0. The molecule has 0 bridgehead atoms. The van der Waals surface area contributed by atoms with Crippen molar-refractivity contribution in [3.8, 4) is 0 Å². The van der Waals surface area contributed by atoms with Crippen LogP contribution in [0.2, 0.25) is 0 Å². The number of hydrogen-bond donors (Lipinski definition) is 0. The van der Waals surface area contributed by atoms with Gasteiger partial charge in [-0.05, 0) is 0 Å². The van der Waals surface area contributed by atoms with Crippen LogP contribution in [0.15, 0.2) is 0 Å². The number of carbonyl (C=O) groups excluding carboxylic acids is 2. The Morgan fingerprint density at radius 3 is 2.53 bits per heavy atom. The molecule has 0 spiro atoms. The predicted octanol–water partition coefficient (Wildman–Crippen LogP) is -0.0853.